The van der Waals surface area contributed by atoms with Gasteiger partial charge in [0.2, 0.25) is 5.95 Å². The average Bonchev–Trinajstić information content (AvgIpc) is 2.86. The first-order valence-corrected chi connectivity index (χ1v) is 12.0. The first-order valence-electron chi connectivity index (χ1n) is 12.0. The summed E-state index contributed by atoms with van der Waals surface area (Å²) in [6.45, 7) is 6.20. The highest BCUT2D eigenvalue weighted by molar-refractivity contribution is 5.97. The number of nitrogens with zero attached hydrogens (tertiary/aromatic N) is 2. The number of nitrogens with two attached hydrogens (primary N) is 2. The average molecular weight is 509 g/mol. The van der Waals surface area contributed by atoms with E-state index in [-0.39, 0.29) is 32.0 Å². The van der Waals surface area contributed by atoms with Crippen molar-refractivity contribution >= 4 is 46.2 Å². The van der Waals surface area contributed by atoms with Crippen molar-refractivity contribution < 1.29 is 23.9 Å². The van der Waals surface area contributed by atoms with Gasteiger partial charge in [0.25, 0.3) is 5.91 Å². The molecule has 0 saturated heterocycles. The van der Waals surface area contributed by atoms with E-state index in [1.807, 2.05) is 31.2 Å². The normalized spacial score (nSPS) is 11.5. The Hall–Kier alpha value is -4.41. The van der Waals surface area contributed by atoms with Gasteiger partial charge in [0.15, 0.2) is 0 Å². The van der Waals surface area contributed by atoms with Gasteiger partial charge in [-0.3, -0.25) is 9.59 Å². The zero-order valence-corrected chi connectivity index (χ0v) is 21.2. The van der Waals surface area contributed by atoms with Gasteiger partial charge in [-0.2, -0.15) is 4.98 Å². The van der Waals surface area contributed by atoms with Gasteiger partial charge in [-0.1, -0.05) is 12.1 Å². The van der Waals surface area contributed by atoms with Crippen molar-refractivity contribution in [3.05, 3.63) is 53.1 Å². The van der Waals surface area contributed by atoms with Crippen LogP contribution in [0.1, 0.15) is 48.2 Å². The van der Waals surface area contributed by atoms with Crippen molar-refractivity contribution in [1.29, 1.82) is 0 Å². The third-order valence-electron chi connectivity index (χ3n) is 5.69. The Morgan fingerprint density at radius 2 is 1.68 bits per heavy atom. The number of anilines is 3. The highest BCUT2D eigenvalue weighted by Gasteiger charge is 2.24. The largest absolute Gasteiger partial charge is 0.466 e. The molecule has 3 aromatic rings. The minimum absolute atomic E-state index is 0.0123. The Morgan fingerprint density at radius 1 is 0.973 bits per heavy atom. The maximum atomic E-state index is 12.8. The SMILES string of the molecule is CCOC(=O)CC[C@H](NC(=O)c1ccc(CNc2ccc3nc(N)nc(N)c3c2C)cc1)C(=O)OCC. The van der Waals surface area contributed by atoms with Gasteiger partial charge in [0, 0.05) is 29.6 Å². The van der Waals surface area contributed by atoms with Crippen molar-refractivity contribution in [1.82, 2.24) is 15.3 Å². The highest BCUT2D eigenvalue weighted by atomic mass is 16.5. The van der Waals surface area contributed by atoms with E-state index in [0.717, 1.165) is 22.2 Å². The number of amides is 1. The van der Waals surface area contributed by atoms with Gasteiger partial charge in [0.05, 0.1) is 18.7 Å². The fraction of sp³-hybridized carbons (Fsp3) is 0.346. The maximum Gasteiger partial charge on any atom is 0.328 e. The first kappa shape index (κ1) is 27.2. The van der Waals surface area contributed by atoms with Crippen LogP contribution in [0.2, 0.25) is 0 Å². The Morgan fingerprint density at radius 3 is 2.35 bits per heavy atom. The summed E-state index contributed by atoms with van der Waals surface area (Å²) >= 11 is 0. The molecule has 6 N–H and O–H groups in total. The smallest absolute Gasteiger partial charge is 0.328 e. The summed E-state index contributed by atoms with van der Waals surface area (Å²) in [7, 11) is 0. The topological polar surface area (TPSA) is 172 Å². The van der Waals surface area contributed by atoms with Gasteiger partial charge in [-0.25, -0.2) is 9.78 Å². The van der Waals surface area contributed by atoms with Crippen molar-refractivity contribution in [2.24, 2.45) is 0 Å². The zero-order valence-electron chi connectivity index (χ0n) is 21.2. The molecule has 3 rings (SSSR count). The molecule has 0 spiro atoms. The second-order valence-electron chi connectivity index (χ2n) is 8.27. The lowest BCUT2D eigenvalue weighted by atomic mass is 10.1. The summed E-state index contributed by atoms with van der Waals surface area (Å²) in [5.74, 6) is -1.03. The maximum absolute atomic E-state index is 12.8. The van der Waals surface area contributed by atoms with Crippen LogP contribution in [0.5, 0.6) is 0 Å². The second kappa shape index (κ2) is 12.5. The van der Waals surface area contributed by atoms with Crippen molar-refractivity contribution in [2.45, 2.75) is 46.2 Å². The molecule has 11 nitrogen and oxygen atoms in total. The molecule has 196 valence electrons. The molecule has 1 heterocycles. The second-order valence-corrected chi connectivity index (χ2v) is 8.27. The molecular weight excluding hydrogens is 476 g/mol. The Kier molecular flexibility index (Phi) is 9.20. The monoisotopic (exact) mass is 508 g/mol. The van der Waals surface area contributed by atoms with Crippen LogP contribution in [-0.4, -0.2) is 47.1 Å². The van der Waals surface area contributed by atoms with Crippen LogP contribution in [0.3, 0.4) is 0 Å². The molecule has 0 aliphatic heterocycles. The minimum Gasteiger partial charge on any atom is -0.466 e. The number of nitrogens with one attached hydrogen (secondary N) is 2. The fourth-order valence-electron chi connectivity index (χ4n) is 3.83. The molecule has 0 aliphatic carbocycles. The summed E-state index contributed by atoms with van der Waals surface area (Å²) < 4.78 is 9.94. The number of hydrogen-bond acceptors (Lipinski definition) is 10. The van der Waals surface area contributed by atoms with Crippen molar-refractivity contribution in [3.63, 3.8) is 0 Å². The lowest BCUT2D eigenvalue weighted by Crippen LogP contribution is -2.42. The van der Waals surface area contributed by atoms with Gasteiger partial charge < -0.3 is 31.6 Å². The number of benzene rings is 2. The number of esters is 2. The molecule has 37 heavy (non-hydrogen) atoms. The summed E-state index contributed by atoms with van der Waals surface area (Å²) in [6, 6.07) is 9.73. The third kappa shape index (κ3) is 7.06. The van der Waals surface area contributed by atoms with Gasteiger partial charge in [0.1, 0.15) is 11.9 Å². The number of carbonyl (C=O) groups excluding carboxylic acids is 3. The van der Waals surface area contributed by atoms with Gasteiger partial charge >= 0.3 is 11.9 Å². The molecule has 1 aromatic heterocycles. The van der Waals surface area contributed by atoms with Crippen LogP contribution in [0.4, 0.5) is 17.5 Å². The molecule has 1 atom stereocenters. The van der Waals surface area contributed by atoms with Crippen LogP contribution < -0.4 is 22.1 Å². The lowest BCUT2D eigenvalue weighted by Gasteiger charge is -2.17. The molecule has 0 saturated carbocycles. The number of aromatic nitrogens is 2. The molecule has 0 radical (unpaired) electrons. The highest BCUT2D eigenvalue weighted by Crippen LogP contribution is 2.28. The number of aryl methyl sites for hydroxylation is 1. The third-order valence-corrected chi connectivity index (χ3v) is 5.69. The van der Waals surface area contributed by atoms with Crippen LogP contribution in [0.25, 0.3) is 10.9 Å². The molecule has 0 aliphatic rings. The van der Waals surface area contributed by atoms with E-state index in [0.29, 0.717) is 23.4 Å². The summed E-state index contributed by atoms with van der Waals surface area (Å²) in [6.07, 6.45) is 0.0697. The quantitative estimate of drug-likeness (QED) is 0.282. The van der Waals surface area contributed by atoms with Crippen LogP contribution in [0.15, 0.2) is 36.4 Å². The van der Waals surface area contributed by atoms with Crippen LogP contribution in [0, 0.1) is 6.92 Å². The predicted octanol–water partition coefficient (Wildman–Crippen LogP) is 2.72. The van der Waals surface area contributed by atoms with Crippen LogP contribution >= 0.6 is 0 Å². The van der Waals surface area contributed by atoms with E-state index in [4.69, 9.17) is 20.9 Å². The number of nitrogen functional groups attached to an aromatic ring is 2. The Labute approximate surface area is 214 Å². The van der Waals surface area contributed by atoms with E-state index < -0.39 is 23.9 Å². The van der Waals surface area contributed by atoms with E-state index in [9.17, 15) is 14.4 Å². The number of ether oxygens (including phenoxy) is 2. The van der Waals surface area contributed by atoms with E-state index in [1.165, 1.54) is 0 Å². The fourth-order valence-corrected chi connectivity index (χ4v) is 3.83. The standard InChI is InChI=1S/C26H32N6O5/c1-4-36-21(33)13-12-20(25(35)37-5-2)30-24(34)17-8-6-16(7-9-17)14-29-18-10-11-19-22(15(18)3)23(27)32-26(28)31-19/h6-11,20,29H,4-5,12-14H2,1-3H3,(H,30,34)(H4,27,28,31,32)/t20-/m0/s1. The van der Waals surface area contributed by atoms with Crippen molar-refractivity contribution in [2.75, 3.05) is 30.0 Å². The lowest BCUT2D eigenvalue weighted by molar-refractivity contribution is -0.146. The number of fused-ring (bicyclic) bond motifs is 1. The first-order chi connectivity index (χ1) is 17.7. The zero-order chi connectivity index (χ0) is 26.9. The molecule has 0 bridgehead atoms. The van der Waals surface area contributed by atoms with Gasteiger partial charge in [-0.15, -0.1) is 0 Å². The number of carbonyl (C=O) groups is 3. The summed E-state index contributed by atoms with van der Waals surface area (Å²) in [4.78, 5) is 45.0. The Bertz CT molecular complexity index is 1280. The van der Waals surface area contributed by atoms with Crippen molar-refractivity contribution in [3.8, 4) is 0 Å². The van der Waals surface area contributed by atoms with Crippen LogP contribution in [-0.2, 0) is 25.6 Å². The minimum atomic E-state index is -0.958. The molecular formula is C26H32N6O5. The number of hydrogen-bond donors (Lipinski definition) is 4. The predicted molar refractivity (Wildman–Crippen MR) is 141 cm³/mol. The molecule has 11 heteroatoms. The van der Waals surface area contributed by atoms with Gasteiger partial charge in [-0.05, 0) is 62.6 Å². The number of rotatable bonds is 11. The molecule has 0 fully saturated rings. The van der Waals surface area contributed by atoms with E-state index in [2.05, 4.69) is 20.6 Å². The molecule has 2 aromatic carbocycles. The molecule has 1 amide bonds. The van der Waals surface area contributed by atoms with E-state index in [1.54, 1.807) is 26.0 Å². The Balaban J connectivity index is 1.64. The summed E-state index contributed by atoms with van der Waals surface area (Å²) in [5.41, 5.74) is 15.5. The van der Waals surface area contributed by atoms with E-state index >= 15 is 0 Å². The summed E-state index contributed by atoms with van der Waals surface area (Å²) in [5, 5.41) is 6.76. The molecule has 0 unspecified atom stereocenters.